The van der Waals surface area contributed by atoms with Crippen molar-refractivity contribution in [3.05, 3.63) is 107 Å². The minimum absolute atomic E-state index is 0.299. The smallest absolute Gasteiger partial charge is 0.321 e. The number of nitrogens with zero attached hydrogens (tertiary/aromatic N) is 1. The van der Waals surface area contributed by atoms with E-state index in [1.807, 2.05) is 35.7 Å². The Bertz CT molecular complexity index is 1110. The van der Waals surface area contributed by atoms with Crippen molar-refractivity contribution < 1.29 is 9.18 Å². The minimum atomic E-state index is -0.349. The van der Waals surface area contributed by atoms with Gasteiger partial charge in [0.25, 0.3) is 0 Å². The van der Waals surface area contributed by atoms with E-state index in [1.54, 1.807) is 12.1 Å². The van der Waals surface area contributed by atoms with E-state index in [4.69, 9.17) is 0 Å². The number of halogens is 1. The topological polar surface area (TPSA) is 54.0 Å². The van der Waals surface area contributed by atoms with Gasteiger partial charge in [-0.15, -0.1) is 11.3 Å². The van der Waals surface area contributed by atoms with E-state index in [1.165, 1.54) is 34.6 Å². The number of aromatic nitrogens is 1. The lowest BCUT2D eigenvalue weighted by atomic mass is 10.0. The van der Waals surface area contributed by atoms with Crippen LogP contribution in [0, 0.1) is 5.82 Å². The fraction of sp³-hybridized carbons (Fsp3) is 0.0833. The van der Waals surface area contributed by atoms with E-state index in [-0.39, 0.29) is 11.8 Å². The Hall–Kier alpha value is -3.51. The van der Waals surface area contributed by atoms with Gasteiger partial charge < -0.3 is 5.32 Å². The van der Waals surface area contributed by atoms with Crippen LogP contribution >= 0.6 is 11.3 Å². The fourth-order valence-corrected chi connectivity index (χ4v) is 3.73. The Labute approximate surface area is 178 Å². The molecule has 30 heavy (non-hydrogen) atoms. The summed E-state index contributed by atoms with van der Waals surface area (Å²) in [5, 5.41) is 7.92. The predicted molar refractivity (Wildman–Crippen MR) is 119 cm³/mol. The molecule has 0 aliphatic heterocycles. The highest BCUT2D eigenvalue weighted by atomic mass is 32.1. The number of thiazole rings is 1. The Kier molecular flexibility index (Phi) is 6.15. The maximum Gasteiger partial charge on any atom is 0.321 e. The molecule has 0 aliphatic carbocycles. The molecule has 4 aromatic rings. The van der Waals surface area contributed by atoms with Gasteiger partial charge in [-0.25, -0.2) is 14.2 Å². The number of hydrogen-bond acceptors (Lipinski definition) is 3. The minimum Gasteiger partial charge on any atom is -0.334 e. The zero-order valence-electron chi connectivity index (χ0n) is 16.1. The largest absolute Gasteiger partial charge is 0.334 e. The van der Waals surface area contributed by atoms with E-state index in [9.17, 15) is 9.18 Å². The van der Waals surface area contributed by atoms with Crippen LogP contribution in [0.25, 0.3) is 11.3 Å². The average molecular weight is 418 g/mol. The van der Waals surface area contributed by atoms with Crippen LogP contribution in [-0.2, 0) is 13.0 Å². The molecular formula is C24H20FN3OS. The predicted octanol–water partition coefficient (Wildman–Crippen LogP) is 5.86. The summed E-state index contributed by atoms with van der Waals surface area (Å²) in [4.78, 5) is 16.6. The van der Waals surface area contributed by atoms with Gasteiger partial charge in [0.1, 0.15) is 5.82 Å². The van der Waals surface area contributed by atoms with Crippen LogP contribution in [0.4, 0.5) is 14.3 Å². The van der Waals surface area contributed by atoms with Gasteiger partial charge in [0.05, 0.1) is 5.69 Å². The molecule has 0 aliphatic rings. The monoisotopic (exact) mass is 417 g/mol. The van der Waals surface area contributed by atoms with Crippen molar-refractivity contribution >= 4 is 22.5 Å². The summed E-state index contributed by atoms with van der Waals surface area (Å²) in [6.45, 7) is 0.313. The highest BCUT2D eigenvalue weighted by molar-refractivity contribution is 7.14. The van der Waals surface area contributed by atoms with Gasteiger partial charge in [-0.05, 0) is 35.2 Å². The second kappa shape index (κ2) is 9.33. The maximum absolute atomic E-state index is 12.9. The summed E-state index contributed by atoms with van der Waals surface area (Å²) >= 11 is 1.37. The summed E-state index contributed by atoms with van der Waals surface area (Å²) in [5.74, 6) is -0.299. The van der Waals surface area contributed by atoms with Crippen molar-refractivity contribution in [3.63, 3.8) is 0 Å². The first-order valence-electron chi connectivity index (χ1n) is 9.54. The van der Waals surface area contributed by atoms with Gasteiger partial charge in [-0.3, -0.25) is 5.32 Å². The van der Waals surface area contributed by atoms with Gasteiger partial charge in [-0.1, -0.05) is 66.7 Å². The molecule has 0 spiro atoms. The summed E-state index contributed by atoms with van der Waals surface area (Å²) in [5.41, 5.74) is 5.15. The highest BCUT2D eigenvalue weighted by Gasteiger charge is 2.08. The summed E-state index contributed by atoms with van der Waals surface area (Å²) in [6.07, 6.45) is 0.888. The number of carbonyl (C=O) groups is 1. The van der Waals surface area contributed by atoms with Crippen LogP contribution in [0.1, 0.15) is 16.7 Å². The molecule has 1 heterocycles. The SMILES string of the molecule is O=C(NCc1ccc(F)cc1)Nc1nc(-c2ccc(Cc3ccccc3)cc2)cs1. The Morgan fingerprint density at radius 1 is 0.867 bits per heavy atom. The third-order valence-corrected chi connectivity index (χ3v) is 5.35. The second-order valence-electron chi connectivity index (χ2n) is 6.83. The lowest BCUT2D eigenvalue weighted by molar-refractivity contribution is 0.251. The number of urea groups is 1. The van der Waals surface area contributed by atoms with Crippen LogP contribution in [0.5, 0.6) is 0 Å². The summed E-state index contributed by atoms with van der Waals surface area (Å²) in [6, 6.07) is 24.3. The first-order valence-corrected chi connectivity index (χ1v) is 10.4. The quantitative estimate of drug-likeness (QED) is 0.413. The van der Waals surface area contributed by atoms with Crippen LogP contribution < -0.4 is 10.6 Å². The molecule has 0 radical (unpaired) electrons. The number of carbonyl (C=O) groups excluding carboxylic acids is 1. The third-order valence-electron chi connectivity index (χ3n) is 4.59. The fourth-order valence-electron chi connectivity index (χ4n) is 3.01. The third kappa shape index (κ3) is 5.30. The van der Waals surface area contributed by atoms with Gasteiger partial charge in [0.2, 0.25) is 0 Å². The molecule has 4 nitrogen and oxygen atoms in total. The van der Waals surface area contributed by atoms with Crippen LogP contribution in [0.15, 0.2) is 84.2 Å². The molecule has 1 aromatic heterocycles. The van der Waals surface area contributed by atoms with Crippen LogP contribution in [0.3, 0.4) is 0 Å². The Balaban J connectivity index is 1.33. The standard InChI is InChI=1S/C24H20FN3OS/c25-21-12-8-19(9-13-21)15-26-23(29)28-24-27-22(16-30-24)20-10-6-18(7-11-20)14-17-4-2-1-3-5-17/h1-13,16H,14-15H2,(H2,26,27,28,29). The van der Waals surface area contributed by atoms with Gasteiger partial charge >= 0.3 is 6.03 Å². The van der Waals surface area contributed by atoms with Crippen molar-refractivity contribution in [3.8, 4) is 11.3 Å². The Morgan fingerprint density at radius 2 is 1.53 bits per heavy atom. The number of amides is 2. The molecule has 2 amide bonds. The van der Waals surface area contributed by atoms with Gasteiger partial charge in [0, 0.05) is 17.5 Å². The zero-order valence-corrected chi connectivity index (χ0v) is 17.0. The zero-order chi connectivity index (χ0) is 20.8. The van der Waals surface area contributed by atoms with Crippen LogP contribution in [0.2, 0.25) is 0 Å². The van der Waals surface area contributed by atoms with Gasteiger partial charge in [0.15, 0.2) is 5.13 Å². The number of rotatable bonds is 6. The van der Waals surface area contributed by atoms with E-state index < -0.39 is 0 Å². The van der Waals surface area contributed by atoms with Crippen molar-refractivity contribution in [2.45, 2.75) is 13.0 Å². The normalized spacial score (nSPS) is 10.6. The molecule has 0 bridgehead atoms. The highest BCUT2D eigenvalue weighted by Crippen LogP contribution is 2.25. The molecule has 0 unspecified atom stereocenters. The lowest BCUT2D eigenvalue weighted by Gasteiger charge is -2.05. The van der Waals surface area contributed by atoms with Crippen molar-refractivity contribution in [2.24, 2.45) is 0 Å². The number of nitrogens with one attached hydrogen (secondary N) is 2. The van der Waals surface area contributed by atoms with E-state index in [2.05, 4.69) is 39.9 Å². The molecule has 150 valence electrons. The number of hydrogen-bond donors (Lipinski definition) is 2. The number of benzene rings is 3. The average Bonchev–Trinajstić information content (AvgIpc) is 3.23. The van der Waals surface area contributed by atoms with Crippen molar-refractivity contribution in [1.29, 1.82) is 0 Å². The molecule has 4 rings (SSSR count). The van der Waals surface area contributed by atoms with E-state index in [0.29, 0.717) is 11.7 Å². The van der Waals surface area contributed by atoms with E-state index in [0.717, 1.165) is 23.2 Å². The van der Waals surface area contributed by atoms with Crippen molar-refractivity contribution in [2.75, 3.05) is 5.32 Å². The molecule has 0 saturated heterocycles. The number of anilines is 1. The summed E-state index contributed by atoms with van der Waals surface area (Å²) in [7, 11) is 0. The first kappa shape index (κ1) is 19.8. The van der Waals surface area contributed by atoms with Gasteiger partial charge in [-0.2, -0.15) is 0 Å². The lowest BCUT2D eigenvalue weighted by Crippen LogP contribution is -2.28. The molecule has 0 atom stereocenters. The Morgan fingerprint density at radius 3 is 2.27 bits per heavy atom. The maximum atomic E-state index is 12.9. The second-order valence-corrected chi connectivity index (χ2v) is 7.69. The van der Waals surface area contributed by atoms with Crippen LogP contribution in [-0.4, -0.2) is 11.0 Å². The molecule has 2 N–H and O–H groups in total. The molecule has 3 aromatic carbocycles. The molecule has 0 fully saturated rings. The summed E-state index contributed by atoms with van der Waals surface area (Å²) < 4.78 is 12.9. The van der Waals surface area contributed by atoms with E-state index >= 15 is 0 Å². The first-order chi connectivity index (χ1) is 14.7. The molecular weight excluding hydrogens is 397 g/mol. The van der Waals surface area contributed by atoms with Crippen molar-refractivity contribution in [1.82, 2.24) is 10.3 Å². The molecule has 0 saturated carbocycles. The molecule has 6 heteroatoms.